The van der Waals surface area contributed by atoms with Crippen molar-refractivity contribution in [3.8, 4) is 6.07 Å². The second-order valence-corrected chi connectivity index (χ2v) is 7.95. The third-order valence-electron chi connectivity index (χ3n) is 3.94. The van der Waals surface area contributed by atoms with Crippen LogP contribution in [0, 0.1) is 11.3 Å². The van der Waals surface area contributed by atoms with Gasteiger partial charge < -0.3 is 5.32 Å². The molecule has 1 aliphatic heterocycles. The maximum absolute atomic E-state index is 12.8. The molecule has 0 fully saturated rings. The standard InChI is InChI=1S/C17H19F3N4O4S/c18-17(19,20)13-3-1-4-15(11-13)29(26,27)24-9-5-14(6-10-24)23-28-12-16(25)22-8-2-7-21/h1,3-5,11,23H,2,6,8-10,12H2,(H,22,25). The highest BCUT2D eigenvalue weighted by Gasteiger charge is 2.33. The molecule has 1 heterocycles. The minimum absolute atomic E-state index is 0.0368. The molecular weight excluding hydrogens is 413 g/mol. The minimum Gasteiger partial charge on any atom is -0.353 e. The van der Waals surface area contributed by atoms with Gasteiger partial charge in [0.1, 0.15) is 0 Å². The van der Waals surface area contributed by atoms with Gasteiger partial charge in [-0.25, -0.2) is 8.42 Å². The van der Waals surface area contributed by atoms with Gasteiger partial charge >= 0.3 is 6.18 Å². The lowest BCUT2D eigenvalue weighted by molar-refractivity contribution is -0.137. The average Bonchev–Trinajstić information content (AvgIpc) is 2.68. The molecule has 1 amide bonds. The number of nitrogens with zero attached hydrogens (tertiary/aromatic N) is 2. The fourth-order valence-electron chi connectivity index (χ4n) is 2.45. The van der Waals surface area contributed by atoms with E-state index in [1.165, 1.54) is 6.08 Å². The summed E-state index contributed by atoms with van der Waals surface area (Å²) in [6.45, 7) is -0.105. The van der Waals surface area contributed by atoms with Crippen LogP contribution in [0.15, 0.2) is 40.9 Å². The molecule has 0 spiro atoms. The van der Waals surface area contributed by atoms with Crippen molar-refractivity contribution in [2.45, 2.75) is 23.9 Å². The predicted molar refractivity (Wildman–Crippen MR) is 95.2 cm³/mol. The third-order valence-corrected chi connectivity index (χ3v) is 5.80. The topological polar surface area (TPSA) is 112 Å². The lowest BCUT2D eigenvalue weighted by Gasteiger charge is -2.26. The van der Waals surface area contributed by atoms with E-state index in [9.17, 15) is 26.4 Å². The summed E-state index contributed by atoms with van der Waals surface area (Å²) in [4.78, 5) is 16.0. The van der Waals surface area contributed by atoms with Crippen molar-refractivity contribution in [3.05, 3.63) is 41.6 Å². The molecule has 0 saturated carbocycles. The average molecular weight is 432 g/mol. The predicted octanol–water partition coefficient (Wildman–Crippen LogP) is 1.53. The van der Waals surface area contributed by atoms with Crippen LogP contribution in [0.25, 0.3) is 0 Å². The number of hydrogen-bond donors (Lipinski definition) is 2. The number of sulfonamides is 1. The highest BCUT2D eigenvalue weighted by atomic mass is 32.2. The Kier molecular flexibility index (Phi) is 7.60. The third kappa shape index (κ3) is 6.45. The lowest BCUT2D eigenvalue weighted by atomic mass is 10.2. The highest BCUT2D eigenvalue weighted by Crippen LogP contribution is 2.31. The Balaban J connectivity index is 1.91. The first-order valence-electron chi connectivity index (χ1n) is 8.52. The van der Waals surface area contributed by atoms with Crippen LogP contribution in [0.3, 0.4) is 0 Å². The number of amides is 1. The fraction of sp³-hybridized carbons (Fsp3) is 0.412. The summed E-state index contributed by atoms with van der Waals surface area (Å²) in [5.74, 6) is -0.419. The Labute approximate surface area is 165 Å². The first-order chi connectivity index (χ1) is 13.6. The number of rotatable bonds is 8. The molecule has 0 atom stereocenters. The summed E-state index contributed by atoms with van der Waals surface area (Å²) in [5.41, 5.74) is 2.06. The highest BCUT2D eigenvalue weighted by molar-refractivity contribution is 7.89. The van der Waals surface area contributed by atoms with Gasteiger partial charge in [0.2, 0.25) is 15.9 Å². The Hall–Kier alpha value is -2.62. The van der Waals surface area contributed by atoms with Gasteiger partial charge in [-0.2, -0.15) is 22.7 Å². The van der Waals surface area contributed by atoms with Crippen LogP contribution in [0.5, 0.6) is 0 Å². The quantitative estimate of drug-likeness (QED) is 0.476. The van der Waals surface area contributed by atoms with Crippen molar-refractivity contribution in [2.75, 3.05) is 26.2 Å². The zero-order valence-electron chi connectivity index (χ0n) is 15.2. The maximum Gasteiger partial charge on any atom is 0.416 e. The van der Waals surface area contributed by atoms with Gasteiger partial charge in [-0.15, -0.1) is 0 Å². The fourth-order valence-corrected chi connectivity index (χ4v) is 3.87. The van der Waals surface area contributed by atoms with Crippen LogP contribution in [0.2, 0.25) is 0 Å². The number of halogens is 3. The second kappa shape index (κ2) is 9.73. The summed E-state index contributed by atoms with van der Waals surface area (Å²) in [7, 11) is -4.09. The van der Waals surface area contributed by atoms with Crippen molar-refractivity contribution >= 4 is 15.9 Å². The number of alkyl halides is 3. The van der Waals surface area contributed by atoms with Crippen LogP contribution < -0.4 is 10.8 Å². The van der Waals surface area contributed by atoms with Gasteiger partial charge in [0, 0.05) is 31.8 Å². The molecule has 8 nitrogen and oxygen atoms in total. The second-order valence-electron chi connectivity index (χ2n) is 6.02. The number of nitriles is 1. The van der Waals surface area contributed by atoms with Gasteiger partial charge in [0.15, 0.2) is 6.61 Å². The van der Waals surface area contributed by atoms with E-state index in [0.29, 0.717) is 11.8 Å². The molecule has 0 saturated heterocycles. The first-order valence-corrected chi connectivity index (χ1v) is 9.96. The summed E-state index contributed by atoms with van der Waals surface area (Å²) in [6.07, 6.45) is -2.71. The monoisotopic (exact) mass is 432 g/mol. The van der Waals surface area contributed by atoms with E-state index in [1.807, 2.05) is 6.07 Å². The molecule has 0 bridgehead atoms. The Morgan fingerprint density at radius 2 is 2.10 bits per heavy atom. The van der Waals surface area contributed by atoms with Crippen molar-refractivity contribution in [1.29, 1.82) is 5.26 Å². The zero-order valence-corrected chi connectivity index (χ0v) is 16.0. The zero-order chi connectivity index (χ0) is 21.5. The first kappa shape index (κ1) is 22.7. The van der Waals surface area contributed by atoms with Gasteiger partial charge in [-0.1, -0.05) is 6.07 Å². The molecular formula is C17H19F3N4O4S. The summed E-state index contributed by atoms with van der Waals surface area (Å²) in [6, 6.07) is 5.48. The number of hydrogen-bond acceptors (Lipinski definition) is 6. The van der Waals surface area contributed by atoms with Crippen LogP contribution in [0.1, 0.15) is 18.4 Å². The van der Waals surface area contributed by atoms with E-state index < -0.39 is 32.6 Å². The maximum atomic E-state index is 12.8. The lowest BCUT2D eigenvalue weighted by Crippen LogP contribution is -2.37. The Morgan fingerprint density at radius 3 is 2.72 bits per heavy atom. The molecule has 2 N–H and O–H groups in total. The van der Waals surface area contributed by atoms with Crippen LogP contribution in [-0.2, 0) is 25.8 Å². The van der Waals surface area contributed by atoms with Crippen LogP contribution >= 0.6 is 0 Å². The molecule has 0 aliphatic carbocycles. The van der Waals surface area contributed by atoms with Crippen molar-refractivity contribution in [3.63, 3.8) is 0 Å². The smallest absolute Gasteiger partial charge is 0.353 e. The number of hydroxylamine groups is 1. The Morgan fingerprint density at radius 1 is 1.34 bits per heavy atom. The minimum atomic E-state index is -4.64. The van der Waals surface area contributed by atoms with Gasteiger partial charge in [-0.05, 0) is 24.3 Å². The van der Waals surface area contributed by atoms with E-state index in [4.69, 9.17) is 10.1 Å². The van der Waals surface area contributed by atoms with Crippen LogP contribution in [0.4, 0.5) is 13.2 Å². The van der Waals surface area contributed by atoms with Crippen molar-refractivity contribution < 1.29 is 31.2 Å². The molecule has 0 radical (unpaired) electrons. The van der Waals surface area contributed by atoms with E-state index in [2.05, 4.69) is 10.8 Å². The number of carbonyl (C=O) groups excluding carboxylic acids is 1. The normalized spacial score (nSPS) is 15.3. The SMILES string of the molecule is N#CCCNC(=O)CONC1=CCN(S(=O)(=O)c2cccc(C(F)(F)F)c2)CC1. The molecule has 1 aromatic rings. The number of carbonyl (C=O) groups is 1. The van der Waals surface area contributed by atoms with Gasteiger partial charge in [0.25, 0.3) is 0 Å². The van der Waals surface area contributed by atoms with E-state index in [0.717, 1.165) is 22.5 Å². The molecule has 1 aromatic carbocycles. The summed E-state index contributed by atoms with van der Waals surface area (Å²) in [5, 5.41) is 10.8. The molecule has 1 aliphatic rings. The van der Waals surface area contributed by atoms with Crippen LogP contribution in [-0.4, -0.2) is 44.9 Å². The van der Waals surface area contributed by atoms with Crippen molar-refractivity contribution in [2.24, 2.45) is 0 Å². The number of benzene rings is 1. The van der Waals surface area contributed by atoms with E-state index in [-0.39, 0.29) is 39.1 Å². The van der Waals surface area contributed by atoms with E-state index in [1.54, 1.807) is 0 Å². The molecule has 0 unspecified atom stereocenters. The van der Waals surface area contributed by atoms with Crippen molar-refractivity contribution in [1.82, 2.24) is 15.1 Å². The summed E-state index contributed by atoms with van der Waals surface area (Å²) < 4.78 is 64.8. The molecule has 12 heteroatoms. The summed E-state index contributed by atoms with van der Waals surface area (Å²) >= 11 is 0. The number of nitrogens with one attached hydrogen (secondary N) is 2. The Bertz CT molecular complexity index is 910. The van der Waals surface area contributed by atoms with Gasteiger partial charge in [-0.3, -0.25) is 15.1 Å². The molecule has 29 heavy (non-hydrogen) atoms. The molecule has 0 aromatic heterocycles. The van der Waals surface area contributed by atoms with E-state index >= 15 is 0 Å². The largest absolute Gasteiger partial charge is 0.416 e. The molecule has 158 valence electrons. The van der Waals surface area contributed by atoms with Gasteiger partial charge in [0.05, 0.1) is 22.9 Å². The molecule has 2 rings (SSSR count).